The largest absolute Gasteiger partial charge is 0.493 e. The van der Waals surface area contributed by atoms with Crippen LogP contribution in [0.4, 0.5) is 0 Å². The monoisotopic (exact) mass is 353 g/mol. The van der Waals surface area contributed by atoms with Crippen LogP contribution in [0.3, 0.4) is 0 Å². The number of aromatic nitrogens is 1. The van der Waals surface area contributed by atoms with Crippen LogP contribution in [0.2, 0.25) is 0 Å². The summed E-state index contributed by atoms with van der Waals surface area (Å²) in [6, 6.07) is 11.6. The third-order valence-electron chi connectivity index (χ3n) is 4.60. The molecule has 2 aromatic carbocycles. The van der Waals surface area contributed by atoms with E-state index in [-0.39, 0.29) is 6.42 Å². The maximum absolute atomic E-state index is 11.5. The lowest BCUT2D eigenvalue weighted by molar-refractivity contribution is -0.136. The quantitative estimate of drug-likeness (QED) is 0.679. The Balaban J connectivity index is 2.36. The van der Waals surface area contributed by atoms with E-state index in [1.54, 1.807) is 14.2 Å². The van der Waals surface area contributed by atoms with E-state index >= 15 is 0 Å². The van der Waals surface area contributed by atoms with Gasteiger partial charge in [0.2, 0.25) is 0 Å². The van der Waals surface area contributed by atoms with Crippen molar-refractivity contribution in [2.75, 3.05) is 14.2 Å². The number of para-hydroxylation sites is 2. The number of aromatic amines is 1. The zero-order valence-corrected chi connectivity index (χ0v) is 15.4. The molecule has 5 heteroatoms. The first kappa shape index (κ1) is 17.9. The molecule has 0 spiro atoms. The first-order valence-corrected chi connectivity index (χ1v) is 8.54. The lowest BCUT2D eigenvalue weighted by Crippen LogP contribution is -2.02. The SMILES string of the molecule is COc1cccc(-c2[nH]c3c(C(C)C)cccc3c2CC(=O)O)c1OC. The van der Waals surface area contributed by atoms with E-state index in [4.69, 9.17) is 9.47 Å². The van der Waals surface area contributed by atoms with Crippen LogP contribution < -0.4 is 9.47 Å². The highest BCUT2D eigenvalue weighted by molar-refractivity contribution is 5.96. The lowest BCUT2D eigenvalue weighted by atomic mass is 9.97. The van der Waals surface area contributed by atoms with Gasteiger partial charge in [-0.3, -0.25) is 4.79 Å². The summed E-state index contributed by atoms with van der Waals surface area (Å²) < 4.78 is 11.0. The van der Waals surface area contributed by atoms with Crippen molar-refractivity contribution in [2.45, 2.75) is 26.2 Å². The lowest BCUT2D eigenvalue weighted by Gasteiger charge is -2.13. The second-order valence-corrected chi connectivity index (χ2v) is 6.51. The number of rotatable bonds is 6. The fourth-order valence-electron chi connectivity index (χ4n) is 3.43. The Kier molecular flexibility index (Phi) is 4.89. The van der Waals surface area contributed by atoms with Gasteiger partial charge in [-0.1, -0.05) is 38.1 Å². The number of methoxy groups -OCH3 is 2. The van der Waals surface area contributed by atoms with Gasteiger partial charge in [0.1, 0.15) is 0 Å². The number of hydrogen-bond acceptors (Lipinski definition) is 3. The molecule has 3 aromatic rings. The fourth-order valence-corrected chi connectivity index (χ4v) is 3.43. The van der Waals surface area contributed by atoms with Gasteiger partial charge < -0.3 is 19.6 Å². The van der Waals surface area contributed by atoms with Gasteiger partial charge in [0.25, 0.3) is 0 Å². The van der Waals surface area contributed by atoms with Crippen LogP contribution in [0, 0.1) is 0 Å². The predicted octanol–water partition coefficient (Wildman–Crippen LogP) is 4.60. The molecule has 0 unspecified atom stereocenters. The summed E-state index contributed by atoms with van der Waals surface area (Å²) in [7, 11) is 3.17. The van der Waals surface area contributed by atoms with Crippen molar-refractivity contribution in [2.24, 2.45) is 0 Å². The molecule has 5 nitrogen and oxygen atoms in total. The molecule has 2 N–H and O–H groups in total. The summed E-state index contributed by atoms with van der Waals surface area (Å²) in [5, 5.41) is 10.4. The number of nitrogens with one attached hydrogen (secondary N) is 1. The van der Waals surface area contributed by atoms with E-state index < -0.39 is 5.97 Å². The zero-order chi connectivity index (χ0) is 18.8. The van der Waals surface area contributed by atoms with Crippen LogP contribution in [-0.2, 0) is 11.2 Å². The van der Waals surface area contributed by atoms with Crippen molar-refractivity contribution < 1.29 is 19.4 Å². The summed E-state index contributed by atoms with van der Waals surface area (Å²) >= 11 is 0. The number of ether oxygens (including phenoxy) is 2. The highest BCUT2D eigenvalue weighted by Gasteiger charge is 2.22. The van der Waals surface area contributed by atoms with Gasteiger partial charge in [-0.25, -0.2) is 0 Å². The van der Waals surface area contributed by atoms with Gasteiger partial charge in [0.15, 0.2) is 11.5 Å². The van der Waals surface area contributed by atoms with E-state index in [1.165, 1.54) is 0 Å². The van der Waals surface area contributed by atoms with Gasteiger partial charge in [-0.15, -0.1) is 0 Å². The molecular formula is C21H23NO4. The molecule has 0 aliphatic heterocycles. The Morgan fingerprint density at radius 3 is 2.46 bits per heavy atom. The Morgan fingerprint density at radius 2 is 1.85 bits per heavy atom. The van der Waals surface area contributed by atoms with E-state index in [9.17, 15) is 9.90 Å². The Hall–Kier alpha value is -2.95. The average Bonchev–Trinajstić information content (AvgIpc) is 2.98. The molecule has 1 aromatic heterocycles. The van der Waals surface area contributed by atoms with Gasteiger partial charge in [0.05, 0.1) is 26.3 Å². The van der Waals surface area contributed by atoms with Gasteiger partial charge >= 0.3 is 5.97 Å². The smallest absolute Gasteiger partial charge is 0.307 e. The number of carboxylic acids is 1. The molecule has 0 saturated carbocycles. The Labute approximate surface area is 152 Å². The van der Waals surface area contributed by atoms with Crippen molar-refractivity contribution in [3.8, 4) is 22.8 Å². The molecule has 0 radical (unpaired) electrons. The minimum Gasteiger partial charge on any atom is -0.493 e. The van der Waals surface area contributed by atoms with Crippen molar-refractivity contribution in [1.82, 2.24) is 4.98 Å². The minimum absolute atomic E-state index is 0.0722. The van der Waals surface area contributed by atoms with Crippen LogP contribution >= 0.6 is 0 Å². The molecule has 0 atom stereocenters. The normalized spacial score (nSPS) is 11.1. The molecule has 136 valence electrons. The van der Waals surface area contributed by atoms with Crippen molar-refractivity contribution in [1.29, 1.82) is 0 Å². The number of aliphatic carboxylic acids is 1. The molecule has 0 aliphatic carbocycles. The van der Waals surface area contributed by atoms with Crippen molar-refractivity contribution in [3.05, 3.63) is 47.5 Å². The molecule has 1 heterocycles. The summed E-state index contributed by atoms with van der Waals surface area (Å²) in [6.45, 7) is 4.25. The number of hydrogen-bond donors (Lipinski definition) is 2. The molecule has 0 aliphatic rings. The molecule has 26 heavy (non-hydrogen) atoms. The maximum atomic E-state index is 11.5. The highest BCUT2D eigenvalue weighted by atomic mass is 16.5. The fraction of sp³-hybridized carbons (Fsp3) is 0.286. The van der Waals surface area contributed by atoms with Crippen LogP contribution in [0.1, 0.15) is 30.9 Å². The number of fused-ring (bicyclic) bond motifs is 1. The first-order chi connectivity index (χ1) is 12.5. The molecule has 0 amide bonds. The number of H-pyrrole nitrogens is 1. The van der Waals surface area contributed by atoms with E-state index in [0.29, 0.717) is 17.4 Å². The van der Waals surface area contributed by atoms with E-state index in [1.807, 2.05) is 30.3 Å². The van der Waals surface area contributed by atoms with Crippen LogP contribution in [-0.4, -0.2) is 30.3 Å². The number of benzene rings is 2. The summed E-state index contributed by atoms with van der Waals surface area (Å²) in [5.41, 5.74) is 4.42. The number of carbonyl (C=O) groups is 1. The Morgan fingerprint density at radius 1 is 1.12 bits per heavy atom. The zero-order valence-electron chi connectivity index (χ0n) is 15.4. The number of carboxylic acid groups (broad SMARTS) is 1. The van der Waals surface area contributed by atoms with E-state index in [0.717, 1.165) is 33.3 Å². The summed E-state index contributed by atoms with van der Waals surface area (Å²) in [4.78, 5) is 15.0. The van der Waals surface area contributed by atoms with Crippen molar-refractivity contribution in [3.63, 3.8) is 0 Å². The van der Waals surface area contributed by atoms with E-state index in [2.05, 4.69) is 24.9 Å². The Bertz CT molecular complexity index is 956. The molecule has 0 fully saturated rings. The van der Waals surface area contributed by atoms with Crippen LogP contribution in [0.15, 0.2) is 36.4 Å². The van der Waals surface area contributed by atoms with Gasteiger partial charge in [-0.05, 0) is 29.2 Å². The standard InChI is InChI=1S/C21H23NO4/c1-12(2)13-7-5-8-14-16(11-18(23)24)20(22-19(13)14)15-9-6-10-17(25-3)21(15)26-4/h5-10,12,22H,11H2,1-4H3,(H,23,24). The molecule has 0 bridgehead atoms. The van der Waals surface area contributed by atoms with Crippen LogP contribution in [0.25, 0.3) is 22.2 Å². The predicted molar refractivity (Wildman–Crippen MR) is 102 cm³/mol. The topological polar surface area (TPSA) is 71.6 Å². The first-order valence-electron chi connectivity index (χ1n) is 8.54. The van der Waals surface area contributed by atoms with Crippen molar-refractivity contribution >= 4 is 16.9 Å². The minimum atomic E-state index is -0.871. The third kappa shape index (κ3) is 3.01. The van der Waals surface area contributed by atoms with Gasteiger partial charge in [0, 0.05) is 16.5 Å². The molecular weight excluding hydrogens is 330 g/mol. The summed E-state index contributed by atoms with van der Waals surface area (Å²) in [6.07, 6.45) is -0.0722. The second-order valence-electron chi connectivity index (χ2n) is 6.51. The molecule has 0 saturated heterocycles. The van der Waals surface area contributed by atoms with Gasteiger partial charge in [-0.2, -0.15) is 0 Å². The third-order valence-corrected chi connectivity index (χ3v) is 4.60. The van der Waals surface area contributed by atoms with Crippen LogP contribution in [0.5, 0.6) is 11.5 Å². The maximum Gasteiger partial charge on any atom is 0.307 e. The highest BCUT2D eigenvalue weighted by Crippen LogP contribution is 2.42. The summed E-state index contributed by atoms with van der Waals surface area (Å²) in [5.74, 6) is 0.632. The second kappa shape index (κ2) is 7.12. The average molecular weight is 353 g/mol. The molecule has 3 rings (SSSR count).